The summed E-state index contributed by atoms with van der Waals surface area (Å²) in [5.41, 5.74) is 0.443. The third-order valence-electron chi connectivity index (χ3n) is 1.57. The first-order valence-electron chi connectivity index (χ1n) is 3.47. The summed E-state index contributed by atoms with van der Waals surface area (Å²) in [7, 11) is 0. The fourth-order valence-corrected chi connectivity index (χ4v) is 1.44. The minimum atomic E-state index is -0.260. The SMILES string of the molecule is CC(=O)c1c(C#N)ccc(Cl)c1Cl. The highest BCUT2D eigenvalue weighted by atomic mass is 35.5. The standard InChI is InChI=1S/C9H5Cl2NO/c1-5(13)8-6(4-12)2-3-7(10)9(8)11/h2-3H,1H3. The first kappa shape index (κ1) is 10.0. The second-order valence-corrected chi connectivity index (χ2v) is 3.24. The van der Waals surface area contributed by atoms with Gasteiger partial charge in [-0.25, -0.2) is 0 Å². The largest absolute Gasteiger partial charge is 0.294 e. The molecule has 0 radical (unpaired) electrons. The number of Topliss-reactive ketones (excluding diaryl/α,β-unsaturated/α-hetero) is 1. The highest BCUT2D eigenvalue weighted by Gasteiger charge is 2.13. The zero-order chi connectivity index (χ0) is 10.0. The fourth-order valence-electron chi connectivity index (χ4n) is 0.988. The number of nitrogens with zero attached hydrogens (tertiary/aromatic N) is 1. The molecular formula is C9H5Cl2NO. The van der Waals surface area contributed by atoms with Crippen molar-refractivity contribution in [3.63, 3.8) is 0 Å². The molecule has 13 heavy (non-hydrogen) atoms. The highest BCUT2D eigenvalue weighted by Crippen LogP contribution is 2.28. The van der Waals surface area contributed by atoms with Gasteiger partial charge in [0, 0.05) is 0 Å². The summed E-state index contributed by atoms with van der Waals surface area (Å²) in [6.07, 6.45) is 0. The van der Waals surface area contributed by atoms with Crippen LogP contribution in [0.2, 0.25) is 10.0 Å². The van der Waals surface area contributed by atoms with Gasteiger partial charge in [-0.15, -0.1) is 0 Å². The van der Waals surface area contributed by atoms with Crippen LogP contribution in [0.1, 0.15) is 22.8 Å². The van der Waals surface area contributed by atoms with E-state index in [0.29, 0.717) is 0 Å². The van der Waals surface area contributed by atoms with Crippen molar-refractivity contribution in [3.05, 3.63) is 33.3 Å². The Morgan fingerprint density at radius 2 is 2.08 bits per heavy atom. The van der Waals surface area contributed by atoms with E-state index in [0.717, 1.165) is 0 Å². The second-order valence-electron chi connectivity index (χ2n) is 2.45. The predicted octanol–water partition coefficient (Wildman–Crippen LogP) is 3.07. The average molecular weight is 214 g/mol. The molecule has 0 saturated heterocycles. The first-order chi connectivity index (χ1) is 6.07. The first-order valence-corrected chi connectivity index (χ1v) is 4.22. The third kappa shape index (κ3) is 1.82. The van der Waals surface area contributed by atoms with Crippen molar-refractivity contribution >= 4 is 29.0 Å². The molecule has 0 atom stereocenters. The van der Waals surface area contributed by atoms with Crippen molar-refractivity contribution in [1.29, 1.82) is 5.26 Å². The van der Waals surface area contributed by atoms with E-state index in [4.69, 9.17) is 28.5 Å². The van der Waals surface area contributed by atoms with Gasteiger partial charge in [0.25, 0.3) is 0 Å². The van der Waals surface area contributed by atoms with Gasteiger partial charge in [-0.3, -0.25) is 4.79 Å². The van der Waals surface area contributed by atoms with E-state index in [2.05, 4.69) is 0 Å². The average Bonchev–Trinajstić information content (AvgIpc) is 2.08. The summed E-state index contributed by atoms with van der Waals surface area (Å²) in [6.45, 7) is 1.35. The lowest BCUT2D eigenvalue weighted by Gasteiger charge is -2.03. The second kappa shape index (κ2) is 3.78. The Balaban J connectivity index is 3.53. The molecule has 2 nitrogen and oxygen atoms in total. The van der Waals surface area contributed by atoms with E-state index in [1.54, 1.807) is 0 Å². The van der Waals surface area contributed by atoms with E-state index in [9.17, 15) is 4.79 Å². The number of halogens is 2. The lowest BCUT2D eigenvalue weighted by atomic mass is 10.1. The summed E-state index contributed by atoms with van der Waals surface area (Å²) in [5.74, 6) is -0.260. The number of hydrogen-bond acceptors (Lipinski definition) is 2. The monoisotopic (exact) mass is 213 g/mol. The Labute approximate surface area is 85.7 Å². The van der Waals surface area contributed by atoms with Gasteiger partial charge in [-0.1, -0.05) is 23.2 Å². The van der Waals surface area contributed by atoms with Crippen LogP contribution < -0.4 is 0 Å². The minimum Gasteiger partial charge on any atom is -0.294 e. The van der Waals surface area contributed by atoms with Crippen molar-refractivity contribution in [2.75, 3.05) is 0 Å². The number of carbonyl (C=O) groups is 1. The normalized spacial score (nSPS) is 9.38. The van der Waals surface area contributed by atoms with Gasteiger partial charge in [0.15, 0.2) is 5.78 Å². The van der Waals surface area contributed by atoms with Gasteiger partial charge in [-0.05, 0) is 19.1 Å². The number of hydrogen-bond donors (Lipinski definition) is 0. The van der Waals surface area contributed by atoms with Gasteiger partial charge in [0.2, 0.25) is 0 Å². The smallest absolute Gasteiger partial charge is 0.162 e. The zero-order valence-electron chi connectivity index (χ0n) is 6.77. The van der Waals surface area contributed by atoms with E-state index >= 15 is 0 Å². The number of rotatable bonds is 1. The van der Waals surface area contributed by atoms with Crippen molar-refractivity contribution in [2.24, 2.45) is 0 Å². The lowest BCUT2D eigenvalue weighted by molar-refractivity contribution is 0.101. The van der Waals surface area contributed by atoms with Crippen LogP contribution in [0, 0.1) is 11.3 Å². The molecule has 1 aromatic rings. The van der Waals surface area contributed by atoms with Crippen LogP contribution in [-0.2, 0) is 0 Å². The molecule has 0 N–H and O–H groups in total. The number of carbonyl (C=O) groups excluding carboxylic acids is 1. The van der Waals surface area contributed by atoms with Gasteiger partial charge < -0.3 is 0 Å². The summed E-state index contributed by atoms with van der Waals surface area (Å²) in [6, 6.07) is 4.85. The Morgan fingerprint density at radius 1 is 1.46 bits per heavy atom. The fraction of sp³-hybridized carbons (Fsp3) is 0.111. The number of ketones is 1. The van der Waals surface area contributed by atoms with Crippen molar-refractivity contribution in [1.82, 2.24) is 0 Å². The maximum atomic E-state index is 11.1. The van der Waals surface area contributed by atoms with Gasteiger partial charge in [0.1, 0.15) is 0 Å². The van der Waals surface area contributed by atoms with E-state index < -0.39 is 0 Å². The Hall–Kier alpha value is -1.04. The molecule has 66 valence electrons. The molecule has 0 amide bonds. The molecular weight excluding hydrogens is 209 g/mol. The topological polar surface area (TPSA) is 40.9 Å². The minimum absolute atomic E-state index is 0.146. The van der Waals surface area contributed by atoms with Crippen LogP contribution >= 0.6 is 23.2 Å². The molecule has 0 aromatic heterocycles. The van der Waals surface area contributed by atoms with Crippen molar-refractivity contribution in [3.8, 4) is 6.07 Å². The molecule has 0 aliphatic carbocycles. The maximum Gasteiger partial charge on any atom is 0.162 e. The number of benzene rings is 1. The van der Waals surface area contributed by atoms with E-state index in [1.165, 1.54) is 19.1 Å². The molecule has 0 aliphatic heterocycles. The van der Waals surface area contributed by atoms with Gasteiger partial charge >= 0.3 is 0 Å². The number of nitriles is 1. The van der Waals surface area contributed by atoms with Crippen LogP contribution in [0.3, 0.4) is 0 Å². The Bertz CT molecular complexity index is 407. The quantitative estimate of drug-likeness (QED) is 0.674. The lowest BCUT2D eigenvalue weighted by Crippen LogP contribution is -1.98. The van der Waals surface area contributed by atoms with Gasteiger partial charge in [0.05, 0.1) is 27.2 Å². The molecule has 4 heteroatoms. The van der Waals surface area contributed by atoms with E-state index in [1.807, 2.05) is 6.07 Å². The molecule has 0 aliphatic rings. The summed E-state index contributed by atoms with van der Waals surface area (Å²) in [5, 5.41) is 9.11. The third-order valence-corrected chi connectivity index (χ3v) is 2.37. The van der Waals surface area contributed by atoms with Crippen LogP contribution in [0.15, 0.2) is 12.1 Å². The van der Waals surface area contributed by atoms with Crippen LogP contribution in [0.25, 0.3) is 0 Å². The molecule has 0 saturated carbocycles. The van der Waals surface area contributed by atoms with Crippen LogP contribution in [0.5, 0.6) is 0 Å². The predicted molar refractivity (Wildman–Crippen MR) is 51.2 cm³/mol. The molecule has 1 rings (SSSR count). The summed E-state index contributed by atoms with van der Waals surface area (Å²) < 4.78 is 0. The Morgan fingerprint density at radius 3 is 2.54 bits per heavy atom. The summed E-state index contributed by atoms with van der Waals surface area (Å²) >= 11 is 11.5. The molecule has 1 aromatic carbocycles. The molecule has 0 spiro atoms. The maximum absolute atomic E-state index is 11.1. The van der Waals surface area contributed by atoms with Crippen LogP contribution in [-0.4, -0.2) is 5.78 Å². The zero-order valence-corrected chi connectivity index (χ0v) is 8.28. The van der Waals surface area contributed by atoms with Gasteiger partial charge in [-0.2, -0.15) is 5.26 Å². The molecule has 0 unspecified atom stereocenters. The Kier molecular flexibility index (Phi) is 2.92. The molecule has 0 bridgehead atoms. The molecule has 0 fully saturated rings. The summed E-state index contributed by atoms with van der Waals surface area (Å²) in [4.78, 5) is 11.1. The van der Waals surface area contributed by atoms with Crippen LogP contribution in [0.4, 0.5) is 0 Å². The molecule has 0 heterocycles. The highest BCUT2D eigenvalue weighted by molar-refractivity contribution is 6.44. The van der Waals surface area contributed by atoms with Crippen molar-refractivity contribution < 1.29 is 4.79 Å². The van der Waals surface area contributed by atoms with Crippen molar-refractivity contribution in [2.45, 2.75) is 6.92 Å². The van der Waals surface area contributed by atoms with E-state index in [-0.39, 0.29) is 27.0 Å².